The van der Waals surface area contributed by atoms with Crippen molar-refractivity contribution in [3.05, 3.63) is 125 Å². The Morgan fingerprint density at radius 3 is 2.11 bits per heavy atom. The molecule has 0 amide bonds. The molecule has 0 saturated heterocycles. The lowest BCUT2D eigenvalue weighted by Gasteiger charge is -2.25. The molecule has 7 rings (SSSR count). The van der Waals surface area contributed by atoms with E-state index in [4.69, 9.17) is 0 Å². The molecule has 0 atom stereocenters. The van der Waals surface area contributed by atoms with Gasteiger partial charge in [-0.05, 0) is 85.3 Å². The van der Waals surface area contributed by atoms with Crippen molar-refractivity contribution in [1.29, 1.82) is 0 Å². The summed E-state index contributed by atoms with van der Waals surface area (Å²) in [7, 11) is 0. The first kappa shape index (κ1) is 20.5. The zero-order valence-corrected chi connectivity index (χ0v) is 20.3. The Morgan fingerprint density at radius 1 is 0.600 bits per heavy atom. The van der Waals surface area contributed by atoms with E-state index in [9.17, 15) is 0 Å². The maximum atomic E-state index is 2.48. The highest BCUT2D eigenvalue weighted by atomic mass is 14.4. The van der Waals surface area contributed by atoms with Crippen LogP contribution in [0, 0.1) is 0 Å². The van der Waals surface area contributed by atoms with Gasteiger partial charge < -0.3 is 0 Å². The zero-order valence-electron chi connectivity index (χ0n) is 20.3. The Hall–Kier alpha value is -3.90. The van der Waals surface area contributed by atoms with Gasteiger partial charge in [0.2, 0.25) is 0 Å². The van der Waals surface area contributed by atoms with Crippen LogP contribution in [0.5, 0.6) is 0 Å². The van der Waals surface area contributed by atoms with E-state index in [1.165, 1.54) is 66.4 Å². The summed E-state index contributed by atoms with van der Waals surface area (Å²) in [5.41, 5.74) is 13.9. The molecule has 0 heterocycles. The van der Waals surface area contributed by atoms with Crippen molar-refractivity contribution in [1.82, 2.24) is 0 Å². The predicted octanol–water partition coefficient (Wildman–Crippen LogP) is 9.44. The molecule has 2 aliphatic rings. The van der Waals surface area contributed by atoms with Gasteiger partial charge in [-0.1, -0.05) is 117 Å². The largest absolute Gasteiger partial charge is 0.0836 e. The van der Waals surface area contributed by atoms with E-state index in [2.05, 4.69) is 123 Å². The van der Waals surface area contributed by atoms with E-state index < -0.39 is 0 Å². The molecule has 0 radical (unpaired) electrons. The molecular formula is C35H28. The molecule has 5 aromatic carbocycles. The van der Waals surface area contributed by atoms with Crippen molar-refractivity contribution in [2.75, 3.05) is 0 Å². The van der Waals surface area contributed by atoms with Crippen molar-refractivity contribution in [3.8, 4) is 33.4 Å². The number of benzene rings is 5. The van der Waals surface area contributed by atoms with Gasteiger partial charge in [-0.15, -0.1) is 0 Å². The number of allylic oxidation sites excluding steroid dienone is 1. The normalized spacial score (nSPS) is 15.0. The molecule has 0 N–H and O–H groups in total. The van der Waals surface area contributed by atoms with E-state index >= 15 is 0 Å². The van der Waals surface area contributed by atoms with Gasteiger partial charge in [-0.3, -0.25) is 0 Å². The van der Waals surface area contributed by atoms with Crippen LogP contribution in [-0.4, -0.2) is 0 Å². The second kappa shape index (κ2) is 7.55. The van der Waals surface area contributed by atoms with E-state index in [1.54, 1.807) is 0 Å². The molecule has 2 aliphatic carbocycles. The maximum Gasteiger partial charge on any atom is 0.0159 e. The summed E-state index contributed by atoms with van der Waals surface area (Å²) in [5, 5.41) is 2.69. The predicted molar refractivity (Wildman–Crippen MR) is 150 cm³/mol. The fourth-order valence-electron chi connectivity index (χ4n) is 6.49. The molecule has 0 heteroatoms. The minimum absolute atomic E-state index is 0.00167. The van der Waals surface area contributed by atoms with Crippen LogP contribution in [-0.2, 0) is 11.8 Å². The highest BCUT2D eigenvalue weighted by Crippen LogP contribution is 2.51. The quantitative estimate of drug-likeness (QED) is 0.252. The lowest BCUT2D eigenvalue weighted by atomic mass is 9.78. The maximum absolute atomic E-state index is 2.48. The SMILES string of the molecule is CC1(C)c2ccccc2-c2ccc(-c3c4c(c(-c5ccccc5)c5ccccc35)C=CCC4)cc21. The zero-order chi connectivity index (χ0) is 23.6. The minimum atomic E-state index is 0.00167. The van der Waals surface area contributed by atoms with Crippen LogP contribution in [0.3, 0.4) is 0 Å². The summed E-state index contributed by atoms with van der Waals surface area (Å²) in [5.74, 6) is 0. The Bertz CT molecular complexity index is 1650. The number of fused-ring (bicyclic) bond motifs is 5. The molecule has 0 spiro atoms. The van der Waals surface area contributed by atoms with Crippen LogP contribution >= 0.6 is 0 Å². The third kappa shape index (κ3) is 2.93. The van der Waals surface area contributed by atoms with Crippen molar-refractivity contribution in [2.24, 2.45) is 0 Å². The second-order valence-electron chi connectivity index (χ2n) is 10.4. The average Bonchev–Trinajstić information content (AvgIpc) is 3.14. The number of hydrogen-bond acceptors (Lipinski definition) is 0. The van der Waals surface area contributed by atoms with Crippen LogP contribution < -0.4 is 0 Å². The first-order chi connectivity index (χ1) is 17.1. The van der Waals surface area contributed by atoms with Crippen molar-refractivity contribution < 1.29 is 0 Å². The first-order valence-electron chi connectivity index (χ1n) is 12.7. The molecule has 0 fully saturated rings. The van der Waals surface area contributed by atoms with E-state index in [-0.39, 0.29) is 5.41 Å². The minimum Gasteiger partial charge on any atom is -0.0836 e. The van der Waals surface area contributed by atoms with Gasteiger partial charge in [0.25, 0.3) is 0 Å². The molecule has 35 heavy (non-hydrogen) atoms. The van der Waals surface area contributed by atoms with Gasteiger partial charge in [0, 0.05) is 5.41 Å². The van der Waals surface area contributed by atoms with Gasteiger partial charge in [0.15, 0.2) is 0 Å². The second-order valence-corrected chi connectivity index (χ2v) is 10.4. The smallest absolute Gasteiger partial charge is 0.0159 e. The topological polar surface area (TPSA) is 0 Å². The van der Waals surface area contributed by atoms with Gasteiger partial charge in [-0.2, -0.15) is 0 Å². The first-order valence-corrected chi connectivity index (χ1v) is 12.7. The summed E-state index contributed by atoms with van der Waals surface area (Å²) < 4.78 is 0. The lowest BCUT2D eigenvalue weighted by Crippen LogP contribution is -2.15. The van der Waals surface area contributed by atoms with Crippen LogP contribution in [0.1, 0.15) is 42.5 Å². The molecule has 0 unspecified atom stereocenters. The van der Waals surface area contributed by atoms with Crippen LogP contribution in [0.4, 0.5) is 0 Å². The Labute approximate surface area is 207 Å². The summed E-state index contributed by atoms with van der Waals surface area (Å²) in [6.07, 6.45) is 6.88. The van der Waals surface area contributed by atoms with Crippen molar-refractivity contribution >= 4 is 16.8 Å². The monoisotopic (exact) mass is 448 g/mol. The Morgan fingerprint density at radius 2 is 1.29 bits per heavy atom. The highest BCUT2D eigenvalue weighted by molar-refractivity contribution is 6.10. The van der Waals surface area contributed by atoms with Crippen LogP contribution in [0.2, 0.25) is 0 Å². The van der Waals surface area contributed by atoms with E-state index in [0.29, 0.717) is 0 Å². The molecule has 168 valence electrons. The summed E-state index contributed by atoms with van der Waals surface area (Å²) in [6.45, 7) is 4.74. The molecule has 0 nitrogen and oxygen atoms in total. The van der Waals surface area contributed by atoms with Crippen LogP contribution in [0.25, 0.3) is 50.2 Å². The van der Waals surface area contributed by atoms with Gasteiger partial charge in [0.05, 0.1) is 0 Å². The standard InChI is InChI=1S/C35H28/c1-35(2)31-19-11-10-14-25(31)26-21-20-24(22-32(26)35)34-29-17-8-6-15-27(29)33(23-12-4-3-5-13-23)28-16-7-9-18-30(28)34/h3-8,10-17,19-22H,9,18H2,1-2H3. The van der Waals surface area contributed by atoms with Gasteiger partial charge >= 0.3 is 0 Å². The molecule has 5 aromatic rings. The highest BCUT2D eigenvalue weighted by Gasteiger charge is 2.35. The van der Waals surface area contributed by atoms with Gasteiger partial charge in [-0.25, -0.2) is 0 Å². The Balaban J connectivity index is 1.54. The summed E-state index contributed by atoms with van der Waals surface area (Å²) in [4.78, 5) is 0. The average molecular weight is 449 g/mol. The summed E-state index contributed by atoms with van der Waals surface area (Å²) in [6, 6.07) is 36.0. The molecule has 0 bridgehead atoms. The molecule has 0 aliphatic heterocycles. The van der Waals surface area contributed by atoms with E-state index in [1.807, 2.05) is 0 Å². The fraction of sp³-hybridized carbons (Fsp3) is 0.143. The van der Waals surface area contributed by atoms with Gasteiger partial charge in [0.1, 0.15) is 0 Å². The lowest BCUT2D eigenvalue weighted by molar-refractivity contribution is 0.660. The molecular weight excluding hydrogens is 420 g/mol. The summed E-state index contributed by atoms with van der Waals surface area (Å²) >= 11 is 0. The Kier molecular flexibility index (Phi) is 4.42. The number of hydrogen-bond donors (Lipinski definition) is 0. The molecule has 0 saturated carbocycles. The third-order valence-corrected chi connectivity index (χ3v) is 8.14. The van der Waals surface area contributed by atoms with Crippen molar-refractivity contribution in [3.63, 3.8) is 0 Å². The fourth-order valence-corrected chi connectivity index (χ4v) is 6.49. The molecule has 0 aromatic heterocycles. The third-order valence-electron chi connectivity index (χ3n) is 8.14. The van der Waals surface area contributed by atoms with Crippen molar-refractivity contribution in [2.45, 2.75) is 32.1 Å². The number of rotatable bonds is 2. The van der Waals surface area contributed by atoms with Crippen LogP contribution in [0.15, 0.2) is 103 Å². The van der Waals surface area contributed by atoms with E-state index in [0.717, 1.165) is 12.8 Å².